The average molecular weight is 423 g/mol. The second-order valence-electron chi connectivity index (χ2n) is 7.77. The summed E-state index contributed by atoms with van der Waals surface area (Å²) in [4.78, 5) is 6.37. The van der Waals surface area contributed by atoms with Crippen molar-refractivity contribution in [1.82, 2.24) is 4.90 Å². The van der Waals surface area contributed by atoms with Gasteiger partial charge < -0.3 is 9.64 Å². The van der Waals surface area contributed by atoms with Crippen molar-refractivity contribution in [2.75, 3.05) is 31.1 Å². The SMILES string of the molecule is CC1CN(CCCN2c3ccccc3Sc3ccc(C(F)(F)F)cc32)CC(C)O1. The minimum Gasteiger partial charge on any atom is -0.373 e. The van der Waals surface area contributed by atoms with E-state index in [0.717, 1.165) is 41.5 Å². The molecule has 0 amide bonds. The van der Waals surface area contributed by atoms with Gasteiger partial charge in [-0.1, -0.05) is 23.9 Å². The molecule has 3 nitrogen and oxygen atoms in total. The van der Waals surface area contributed by atoms with Crippen molar-refractivity contribution in [3.8, 4) is 0 Å². The number of nitrogens with zero attached hydrogens (tertiary/aromatic N) is 2. The molecule has 2 atom stereocenters. The van der Waals surface area contributed by atoms with Crippen LogP contribution in [-0.4, -0.2) is 43.3 Å². The molecule has 4 rings (SSSR count). The van der Waals surface area contributed by atoms with Crippen LogP contribution in [0.3, 0.4) is 0 Å². The van der Waals surface area contributed by atoms with E-state index in [0.29, 0.717) is 12.2 Å². The molecule has 0 N–H and O–H groups in total. The molecule has 7 heteroatoms. The lowest BCUT2D eigenvalue weighted by Crippen LogP contribution is -2.46. The maximum absolute atomic E-state index is 13.3. The Morgan fingerprint density at radius 3 is 2.38 bits per heavy atom. The Kier molecular flexibility index (Phi) is 5.82. The van der Waals surface area contributed by atoms with Crippen molar-refractivity contribution in [2.24, 2.45) is 0 Å². The van der Waals surface area contributed by atoms with Crippen LogP contribution in [0.5, 0.6) is 0 Å². The summed E-state index contributed by atoms with van der Waals surface area (Å²) in [5.74, 6) is 0. The third-order valence-corrected chi connectivity index (χ3v) is 6.43. The van der Waals surface area contributed by atoms with E-state index in [1.54, 1.807) is 6.07 Å². The van der Waals surface area contributed by atoms with Gasteiger partial charge in [-0.25, -0.2) is 0 Å². The number of para-hydroxylation sites is 1. The average Bonchev–Trinajstić information content (AvgIpc) is 2.65. The van der Waals surface area contributed by atoms with Crippen molar-refractivity contribution >= 4 is 23.1 Å². The predicted molar refractivity (Wildman–Crippen MR) is 110 cm³/mol. The van der Waals surface area contributed by atoms with Crippen LogP contribution >= 0.6 is 11.8 Å². The molecule has 2 unspecified atom stereocenters. The number of hydrogen-bond acceptors (Lipinski definition) is 4. The third-order valence-electron chi connectivity index (χ3n) is 5.30. The zero-order chi connectivity index (χ0) is 20.6. The minimum absolute atomic E-state index is 0.209. The molecule has 156 valence electrons. The highest BCUT2D eigenvalue weighted by Crippen LogP contribution is 2.49. The smallest absolute Gasteiger partial charge is 0.373 e. The Morgan fingerprint density at radius 2 is 1.66 bits per heavy atom. The van der Waals surface area contributed by atoms with E-state index in [-0.39, 0.29) is 12.2 Å². The summed E-state index contributed by atoms with van der Waals surface area (Å²) in [6.45, 7) is 7.52. The first-order chi connectivity index (χ1) is 13.8. The molecule has 1 saturated heterocycles. The van der Waals surface area contributed by atoms with Crippen LogP contribution in [0.2, 0.25) is 0 Å². The maximum atomic E-state index is 13.3. The summed E-state index contributed by atoms with van der Waals surface area (Å²) >= 11 is 1.53. The topological polar surface area (TPSA) is 15.7 Å². The van der Waals surface area contributed by atoms with Gasteiger partial charge in [0.15, 0.2) is 0 Å². The number of morpholine rings is 1. The molecule has 2 aliphatic heterocycles. The summed E-state index contributed by atoms with van der Waals surface area (Å²) in [5, 5.41) is 0. The number of fused-ring (bicyclic) bond motifs is 2. The highest BCUT2D eigenvalue weighted by atomic mass is 32.2. The number of benzene rings is 2. The number of halogens is 3. The summed E-state index contributed by atoms with van der Waals surface area (Å²) in [5.41, 5.74) is 1.03. The second kappa shape index (κ2) is 8.20. The van der Waals surface area contributed by atoms with Gasteiger partial charge >= 0.3 is 6.18 Å². The molecule has 0 aromatic heterocycles. The van der Waals surface area contributed by atoms with Crippen LogP contribution in [0, 0.1) is 0 Å². The maximum Gasteiger partial charge on any atom is 0.416 e. The van der Waals surface area contributed by atoms with Gasteiger partial charge in [-0.15, -0.1) is 0 Å². The molecule has 0 spiro atoms. The van der Waals surface area contributed by atoms with Gasteiger partial charge in [0, 0.05) is 36.0 Å². The molecule has 2 aromatic carbocycles. The molecular weight excluding hydrogens is 397 g/mol. The van der Waals surface area contributed by atoms with Crippen LogP contribution in [0.15, 0.2) is 52.3 Å². The number of alkyl halides is 3. The lowest BCUT2D eigenvalue weighted by atomic mass is 10.1. The monoisotopic (exact) mass is 422 g/mol. The first kappa shape index (κ1) is 20.6. The van der Waals surface area contributed by atoms with Crippen LogP contribution in [0.4, 0.5) is 24.5 Å². The summed E-state index contributed by atoms with van der Waals surface area (Å²) < 4.78 is 45.7. The van der Waals surface area contributed by atoms with Crippen molar-refractivity contribution < 1.29 is 17.9 Å². The first-order valence-electron chi connectivity index (χ1n) is 9.95. The van der Waals surface area contributed by atoms with Gasteiger partial charge in [-0.05, 0) is 50.6 Å². The molecule has 0 bridgehead atoms. The Hall–Kier alpha value is -1.70. The van der Waals surface area contributed by atoms with Gasteiger partial charge in [0.25, 0.3) is 0 Å². The largest absolute Gasteiger partial charge is 0.416 e. The molecule has 0 radical (unpaired) electrons. The molecule has 1 fully saturated rings. The highest BCUT2D eigenvalue weighted by molar-refractivity contribution is 7.99. The molecule has 2 aliphatic rings. The molecule has 2 heterocycles. The van der Waals surface area contributed by atoms with Crippen molar-refractivity contribution in [1.29, 1.82) is 0 Å². The molecule has 0 saturated carbocycles. The lowest BCUT2D eigenvalue weighted by molar-refractivity contribution is -0.137. The Morgan fingerprint density at radius 1 is 0.966 bits per heavy atom. The number of rotatable bonds is 4. The minimum atomic E-state index is -4.34. The van der Waals surface area contributed by atoms with E-state index in [1.165, 1.54) is 23.9 Å². The van der Waals surface area contributed by atoms with E-state index in [4.69, 9.17) is 4.74 Å². The summed E-state index contributed by atoms with van der Waals surface area (Å²) in [7, 11) is 0. The van der Waals surface area contributed by atoms with Gasteiger partial charge in [-0.3, -0.25) is 4.90 Å². The van der Waals surface area contributed by atoms with Crippen molar-refractivity contribution in [3.05, 3.63) is 48.0 Å². The first-order valence-corrected chi connectivity index (χ1v) is 10.8. The molecule has 2 aromatic rings. The van der Waals surface area contributed by atoms with Gasteiger partial charge in [0.1, 0.15) is 0 Å². The fourth-order valence-corrected chi connectivity index (χ4v) is 5.24. The van der Waals surface area contributed by atoms with Crippen molar-refractivity contribution in [2.45, 2.75) is 48.4 Å². The van der Waals surface area contributed by atoms with Gasteiger partial charge in [0.2, 0.25) is 0 Å². The fourth-order valence-electron chi connectivity index (χ4n) is 4.17. The molecule has 29 heavy (non-hydrogen) atoms. The number of anilines is 2. The number of ether oxygens (including phenoxy) is 1. The molecular formula is C22H25F3N2OS. The van der Waals surface area contributed by atoms with Crippen LogP contribution in [0.1, 0.15) is 25.8 Å². The molecule has 0 aliphatic carbocycles. The summed E-state index contributed by atoms with van der Waals surface area (Å²) in [6, 6.07) is 12.0. The second-order valence-corrected chi connectivity index (χ2v) is 8.86. The fraction of sp³-hybridized carbons (Fsp3) is 0.455. The zero-order valence-corrected chi connectivity index (χ0v) is 17.4. The van der Waals surface area contributed by atoms with E-state index in [9.17, 15) is 13.2 Å². The van der Waals surface area contributed by atoms with Crippen LogP contribution in [0.25, 0.3) is 0 Å². The van der Waals surface area contributed by atoms with E-state index in [2.05, 4.69) is 18.7 Å². The normalized spacial score (nSPS) is 22.3. The predicted octanol–water partition coefficient (Wildman–Crippen LogP) is 5.81. The third kappa shape index (κ3) is 4.57. The summed E-state index contributed by atoms with van der Waals surface area (Å²) in [6.07, 6.45) is -3.06. The Labute approximate surface area is 173 Å². The van der Waals surface area contributed by atoms with Gasteiger partial charge in [-0.2, -0.15) is 13.2 Å². The Balaban J connectivity index is 1.55. The lowest BCUT2D eigenvalue weighted by Gasteiger charge is -2.37. The standard InChI is InChI=1S/C22H25F3N2OS/c1-15-13-26(14-16(2)28-15)10-5-11-27-18-6-3-4-7-20(18)29-21-9-8-17(12-19(21)27)22(23,24)25/h3-4,6-9,12,15-16H,5,10-11,13-14H2,1-2H3. The van der Waals surface area contributed by atoms with E-state index < -0.39 is 11.7 Å². The number of hydrogen-bond donors (Lipinski definition) is 0. The Bertz CT molecular complexity index is 863. The van der Waals surface area contributed by atoms with E-state index >= 15 is 0 Å². The van der Waals surface area contributed by atoms with E-state index in [1.807, 2.05) is 29.2 Å². The quantitative estimate of drug-likeness (QED) is 0.618. The van der Waals surface area contributed by atoms with Crippen LogP contribution < -0.4 is 4.90 Å². The highest BCUT2D eigenvalue weighted by Gasteiger charge is 2.33. The van der Waals surface area contributed by atoms with Crippen molar-refractivity contribution in [3.63, 3.8) is 0 Å². The van der Waals surface area contributed by atoms with Crippen LogP contribution in [-0.2, 0) is 10.9 Å². The zero-order valence-electron chi connectivity index (χ0n) is 16.6. The van der Waals surface area contributed by atoms with Gasteiger partial charge in [0.05, 0.1) is 29.1 Å².